The molecule has 0 saturated carbocycles. The molecule has 9 nitrogen and oxygen atoms in total. The minimum Gasteiger partial charge on any atom is -0.462 e. The first-order valence-electron chi connectivity index (χ1n) is 9.47. The fourth-order valence-electron chi connectivity index (χ4n) is 3.74. The molecular weight excluding hydrogens is 374 g/mol. The summed E-state index contributed by atoms with van der Waals surface area (Å²) in [7, 11) is 1.64. The van der Waals surface area contributed by atoms with Crippen LogP contribution in [0.5, 0.6) is 0 Å². The molecule has 0 atom stereocenters. The SMILES string of the molecule is COCc1ccc(CN2CCc3nc4cc(-c5cc(C)on5)[nH]n4c(=O)c3C2)o1. The van der Waals surface area contributed by atoms with Crippen LogP contribution in [-0.2, 0) is 30.9 Å². The van der Waals surface area contributed by atoms with Crippen molar-refractivity contribution in [3.63, 3.8) is 0 Å². The Hall–Kier alpha value is -3.17. The van der Waals surface area contributed by atoms with Crippen LogP contribution >= 0.6 is 0 Å². The highest BCUT2D eigenvalue weighted by molar-refractivity contribution is 5.60. The summed E-state index contributed by atoms with van der Waals surface area (Å²) in [5.74, 6) is 2.36. The number of methoxy groups -OCH3 is 1. The van der Waals surface area contributed by atoms with Crippen molar-refractivity contribution in [3.05, 3.63) is 63.2 Å². The van der Waals surface area contributed by atoms with Gasteiger partial charge in [-0.25, -0.2) is 9.50 Å². The molecular formula is C20H21N5O4. The smallest absolute Gasteiger partial charge is 0.277 e. The van der Waals surface area contributed by atoms with Crippen LogP contribution in [-0.4, -0.2) is 38.3 Å². The van der Waals surface area contributed by atoms with E-state index in [1.165, 1.54) is 4.52 Å². The van der Waals surface area contributed by atoms with E-state index in [4.69, 9.17) is 18.7 Å². The largest absolute Gasteiger partial charge is 0.462 e. The molecule has 0 unspecified atom stereocenters. The summed E-state index contributed by atoms with van der Waals surface area (Å²) in [4.78, 5) is 20.0. The Morgan fingerprint density at radius 3 is 2.93 bits per heavy atom. The first-order chi connectivity index (χ1) is 14.1. The van der Waals surface area contributed by atoms with Gasteiger partial charge >= 0.3 is 0 Å². The molecule has 0 fully saturated rings. The maximum Gasteiger partial charge on any atom is 0.277 e. The highest BCUT2D eigenvalue weighted by atomic mass is 16.5. The second-order valence-electron chi connectivity index (χ2n) is 7.29. The number of ether oxygens (including phenoxy) is 1. The van der Waals surface area contributed by atoms with E-state index in [1.807, 2.05) is 31.2 Å². The zero-order valence-electron chi connectivity index (χ0n) is 16.3. The van der Waals surface area contributed by atoms with Crippen LogP contribution in [0.15, 0.2) is 38.0 Å². The molecule has 1 aliphatic heterocycles. The summed E-state index contributed by atoms with van der Waals surface area (Å²) in [6.45, 7) is 4.26. The molecule has 1 aliphatic rings. The van der Waals surface area contributed by atoms with Crippen molar-refractivity contribution in [1.29, 1.82) is 0 Å². The van der Waals surface area contributed by atoms with Crippen molar-refractivity contribution in [2.75, 3.05) is 13.7 Å². The van der Waals surface area contributed by atoms with Crippen LogP contribution in [0.1, 0.15) is 28.5 Å². The predicted molar refractivity (Wildman–Crippen MR) is 103 cm³/mol. The normalized spacial score (nSPS) is 14.6. The molecule has 5 heterocycles. The number of H-pyrrole nitrogens is 1. The number of rotatable bonds is 5. The summed E-state index contributed by atoms with van der Waals surface area (Å²) in [6, 6.07) is 7.52. The van der Waals surface area contributed by atoms with Crippen LogP contribution < -0.4 is 5.56 Å². The molecule has 5 rings (SSSR count). The summed E-state index contributed by atoms with van der Waals surface area (Å²) < 4.78 is 17.5. The highest BCUT2D eigenvalue weighted by Crippen LogP contribution is 2.21. The van der Waals surface area contributed by atoms with Gasteiger partial charge in [-0.05, 0) is 19.1 Å². The van der Waals surface area contributed by atoms with Gasteiger partial charge in [0.05, 0.1) is 23.5 Å². The van der Waals surface area contributed by atoms with E-state index < -0.39 is 0 Å². The number of aromatic amines is 1. The first kappa shape index (κ1) is 17.9. The minimum atomic E-state index is -0.0827. The van der Waals surface area contributed by atoms with E-state index in [9.17, 15) is 4.79 Å². The lowest BCUT2D eigenvalue weighted by Gasteiger charge is -2.26. The Morgan fingerprint density at radius 1 is 1.28 bits per heavy atom. The summed E-state index contributed by atoms with van der Waals surface area (Å²) >= 11 is 0. The molecule has 150 valence electrons. The Bertz CT molecular complexity index is 1230. The number of hydrogen-bond donors (Lipinski definition) is 1. The molecule has 29 heavy (non-hydrogen) atoms. The molecule has 0 aromatic carbocycles. The van der Waals surface area contributed by atoms with Crippen LogP contribution in [0.25, 0.3) is 17.0 Å². The second kappa shape index (κ2) is 7.02. The van der Waals surface area contributed by atoms with Gasteiger partial charge in [0.15, 0.2) is 5.65 Å². The predicted octanol–water partition coefficient (Wildman–Crippen LogP) is 2.28. The lowest BCUT2D eigenvalue weighted by molar-refractivity contribution is 0.157. The monoisotopic (exact) mass is 395 g/mol. The van der Waals surface area contributed by atoms with Crippen LogP contribution in [0.2, 0.25) is 0 Å². The molecule has 0 saturated heterocycles. The van der Waals surface area contributed by atoms with Crippen molar-refractivity contribution >= 4 is 5.65 Å². The quantitative estimate of drug-likeness (QED) is 0.553. The van der Waals surface area contributed by atoms with E-state index >= 15 is 0 Å². The zero-order valence-corrected chi connectivity index (χ0v) is 16.3. The average molecular weight is 395 g/mol. The van der Waals surface area contributed by atoms with Crippen molar-refractivity contribution in [2.45, 2.75) is 33.0 Å². The zero-order chi connectivity index (χ0) is 20.0. The standard InChI is InChI=1S/C20H21N5O4/c1-12-7-18(23-29-12)17-8-19-21-16-5-6-24(10-15(16)20(26)25(19)22-17)9-13-3-4-14(28-13)11-27-2/h3-4,7-8,22H,5-6,9-11H2,1-2H3. The van der Waals surface area contributed by atoms with Crippen molar-refractivity contribution in [3.8, 4) is 11.4 Å². The highest BCUT2D eigenvalue weighted by Gasteiger charge is 2.23. The fraction of sp³-hybridized carbons (Fsp3) is 0.350. The van der Waals surface area contributed by atoms with Gasteiger partial charge in [0.2, 0.25) is 0 Å². The summed E-state index contributed by atoms with van der Waals surface area (Å²) in [6.07, 6.45) is 0.719. The third-order valence-corrected chi connectivity index (χ3v) is 5.13. The number of nitrogens with one attached hydrogen (secondary N) is 1. The van der Waals surface area contributed by atoms with E-state index in [-0.39, 0.29) is 5.56 Å². The molecule has 0 aliphatic carbocycles. The first-order valence-corrected chi connectivity index (χ1v) is 9.47. The number of hydrogen-bond acceptors (Lipinski definition) is 7. The number of aryl methyl sites for hydroxylation is 1. The fourth-order valence-corrected chi connectivity index (χ4v) is 3.74. The number of aromatic nitrogens is 4. The Kier molecular flexibility index (Phi) is 4.33. The third-order valence-electron chi connectivity index (χ3n) is 5.13. The lowest BCUT2D eigenvalue weighted by atomic mass is 10.1. The van der Waals surface area contributed by atoms with Gasteiger partial charge in [0, 0.05) is 38.8 Å². The number of furan rings is 1. The van der Waals surface area contributed by atoms with Gasteiger partial charge in [-0.1, -0.05) is 5.16 Å². The minimum absolute atomic E-state index is 0.0827. The van der Waals surface area contributed by atoms with Gasteiger partial charge < -0.3 is 13.7 Å². The van der Waals surface area contributed by atoms with Gasteiger partial charge in [0.1, 0.15) is 29.6 Å². The van der Waals surface area contributed by atoms with E-state index in [0.29, 0.717) is 48.1 Å². The topological polar surface area (TPSA) is 102 Å². The van der Waals surface area contributed by atoms with E-state index in [2.05, 4.69) is 15.2 Å². The van der Waals surface area contributed by atoms with Gasteiger partial charge in [-0.3, -0.25) is 14.8 Å². The van der Waals surface area contributed by atoms with Gasteiger partial charge in [-0.2, -0.15) is 0 Å². The van der Waals surface area contributed by atoms with E-state index in [0.717, 1.165) is 30.2 Å². The van der Waals surface area contributed by atoms with E-state index in [1.54, 1.807) is 7.11 Å². The van der Waals surface area contributed by atoms with Crippen molar-refractivity contribution < 1.29 is 13.7 Å². The molecule has 0 bridgehead atoms. The maximum atomic E-state index is 13.1. The van der Waals surface area contributed by atoms with Gasteiger partial charge in [0.25, 0.3) is 5.56 Å². The summed E-state index contributed by atoms with van der Waals surface area (Å²) in [5, 5.41) is 7.10. The summed E-state index contributed by atoms with van der Waals surface area (Å²) in [5.41, 5.74) is 3.42. The Balaban J connectivity index is 1.43. The molecule has 0 radical (unpaired) electrons. The van der Waals surface area contributed by atoms with Crippen LogP contribution in [0, 0.1) is 6.92 Å². The van der Waals surface area contributed by atoms with Crippen molar-refractivity contribution in [2.24, 2.45) is 0 Å². The van der Waals surface area contributed by atoms with Gasteiger partial charge in [-0.15, -0.1) is 0 Å². The molecule has 4 aromatic rings. The Labute approximate surface area is 165 Å². The van der Waals surface area contributed by atoms with Crippen LogP contribution in [0.3, 0.4) is 0 Å². The maximum absolute atomic E-state index is 13.1. The molecule has 0 amide bonds. The number of fused-ring (bicyclic) bond motifs is 2. The molecule has 9 heteroatoms. The van der Waals surface area contributed by atoms with Crippen molar-refractivity contribution in [1.82, 2.24) is 24.7 Å². The molecule has 4 aromatic heterocycles. The molecule has 1 N–H and O–H groups in total. The Morgan fingerprint density at radius 2 is 2.14 bits per heavy atom. The number of nitrogens with zero attached hydrogens (tertiary/aromatic N) is 4. The third kappa shape index (κ3) is 3.28. The van der Waals surface area contributed by atoms with Crippen LogP contribution in [0.4, 0.5) is 0 Å². The lowest BCUT2D eigenvalue weighted by Crippen LogP contribution is -2.36. The molecule has 0 spiro atoms. The second-order valence-corrected chi connectivity index (χ2v) is 7.29. The average Bonchev–Trinajstić information content (AvgIpc) is 3.43.